The van der Waals surface area contributed by atoms with Crippen LogP contribution in [0.25, 0.3) is 11.5 Å². The second kappa shape index (κ2) is 6.05. The first-order valence-corrected chi connectivity index (χ1v) is 5.70. The van der Waals surface area contributed by atoms with Gasteiger partial charge in [0, 0.05) is 6.42 Å². The van der Waals surface area contributed by atoms with Gasteiger partial charge in [-0.1, -0.05) is 6.92 Å². The molecule has 0 saturated heterocycles. The summed E-state index contributed by atoms with van der Waals surface area (Å²) in [5.74, 6) is 1.16. The minimum atomic E-state index is 0.498. The molecule has 0 atom stereocenters. The van der Waals surface area contributed by atoms with E-state index >= 15 is 0 Å². The maximum atomic E-state index is 5.53. The molecular formula is C11H15N5O. The molecular weight excluding hydrogens is 218 g/mol. The maximum Gasteiger partial charge on any atom is 0.249 e. The van der Waals surface area contributed by atoms with Crippen LogP contribution in [0.4, 0.5) is 0 Å². The number of nitrogens with zero attached hydrogens (tertiary/aromatic N) is 4. The van der Waals surface area contributed by atoms with Crippen molar-refractivity contribution < 1.29 is 4.42 Å². The summed E-state index contributed by atoms with van der Waals surface area (Å²) in [7, 11) is 0. The van der Waals surface area contributed by atoms with Crippen molar-refractivity contribution in [2.45, 2.75) is 19.8 Å². The molecule has 6 heteroatoms. The highest BCUT2D eigenvalue weighted by molar-refractivity contribution is 5.49. The summed E-state index contributed by atoms with van der Waals surface area (Å²) >= 11 is 0. The molecule has 0 fully saturated rings. The van der Waals surface area contributed by atoms with Gasteiger partial charge in [-0.25, -0.2) is 0 Å². The fourth-order valence-corrected chi connectivity index (χ4v) is 1.43. The summed E-state index contributed by atoms with van der Waals surface area (Å²) in [6.45, 7) is 4.03. The van der Waals surface area contributed by atoms with E-state index in [-0.39, 0.29) is 0 Å². The lowest BCUT2D eigenvalue weighted by atomic mass is 10.3. The summed E-state index contributed by atoms with van der Waals surface area (Å²) < 4.78 is 5.53. The van der Waals surface area contributed by atoms with Crippen LogP contribution in [-0.2, 0) is 6.42 Å². The average Bonchev–Trinajstić information content (AvgIpc) is 2.85. The Morgan fingerprint density at radius 1 is 1.29 bits per heavy atom. The van der Waals surface area contributed by atoms with Crippen molar-refractivity contribution in [1.82, 2.24) is 25.7 Å². The summed E-state index contributed by atoms with van der Waals surface area (Å²) in [4.78, 5) is 0. The van der Waals surface area contributed by atoms with Gasteiger partial charge in [0.2, 0.25) is 11.8 Å². The summed E-state index contributed by atoms with van der Waals surface area (Å²) in [6, 6.07) is 1.79. The minimum absolute atomic E-state index is 0.498. The third-order valence-corrected chi connectivity index (χ3v) is 2.29. The van der Waals surface area contributed by atoms with E-state index in [0.717, 1.165) is 31.5 Å². The van der Waals surface area contributed by atoms with Gasteiger partial charge in [0.1, 0.15) is 0 Å². The Morgan fingerprint density at radius 3 is 3.00 bits per heavy atom. The van der Waals surface area contributed by atoms with E-state index in [2.05, 4.69) is 32.6 Å². The number of aromatic nitrogens is 4. The van der Waals surface area contributed by atoms with E-state index in [0.29, 0.717) is 11.8 Å². The van der Waals surface area contributed by atoms with Crippen molar-refractivity contribution in [1.29, 1.82) is 0 Å². The fourth-order valence-electron chi connectivity index (χ4n) is 1.43. The molecule has 0 unspecified atom stereocenters. The third kappa shape index (κ3) is 3.32. The van der Waals surface area contributed by atoms with Gasteiger partial charge in [0.25, 0.3) is 0 Å². The third-order valence-electron chi connectivity index (χ3n) is 2.29. The van der Waals surface area contributed by atoms with Gasteiger partial charge in [-0.2, -0.15) is 10.2 Å². The van der Waals surface area contributed by atoms with Crippen LogP contribution in [0.1, 0.15) is 19.2 Å². The Kier molecular flexibility index (Phi) is 4.15. The number of nitrogens with one attached hydrogen (secondary N) is 1. The highest BCUT2D eigenvalue weighted by Crippen LogP contribution is 2.15. The monoisotopic (exact) mass is 233 g/mol. The van der Waals surface area contributed by atoms with Gasteiger partial charge in [-0.15, -0.1) is 10.2 Å². The zero-order valence-electron chi connectivity index (χ0n) is 9.76. The molecule has 2 aromatic rings. The second-order valence-corrected chi connectivity index (χ2v) is 3.59. The Balaban J connectivity index is 1.92. The second-order valence-electron chi connectivity index (χ2n) is 3.59. The zero-order valence-corrected chi connectivity index (χ0v) is 9.76. The maximum absolute atomic E-state index is 5.53. The lowest BCUT2D eigenvalue weighted by Crippen LogP contribution is -2.14. The van der Waals surface area contributed by atoms with E-state index in [1.165, 1.54) is 0 Å². The van der Waals surface area contributed by atoms with Crippen LogP contribution in [0.2, 0.25) is 0 Å². The van der Waals surface area contributed by atoms with Gasteiger partial charge in [0.15, 0.2) is 0 Å². The Morgan fingerprint density at radius 2 is 2.24 bits per heavy atom. The molecule has 2 aromatic heterocycles. The molecule has 0 aliphatic heterocycles. The van der Waals surface area contributed by atoms with Crippen LogP contribution in [0, 0.1) is 0 Å². The van der Waals surface area contributed by atoms with Crippen molar-refractivity contribution in [2.75, 3.05) is 13.1 Å². The largest absolute Gasteiger partial charge is 0.421 e. The number of hydrogen-bond acceptors (Lipinski definition) is 6. The van der Waals surface area contributed by atoms with Gasteiger partial charge in [0.05, 0.1) is 18.0 Å². The highest BCUT2D eigenvalue weighted by Gasteiger charge is 2.07. The highest BCUT2D eigenvalue weighted by atomic mass is 16.4. The predicted molar refractivity (Wildman–Crippen MR) is 62.2 cm³/mol. The summed E-state index contributed by atoms with van der Waals surface area (Å²) in [6.07, 6.45) is 4.99. The minimum Gasteiger partial charge on any atom is -0.421 e. The van der Waals surface area contributed by atoms with Gasteiger partial charge in [-0.05, 0) is 25.6 Å². The van der Waals surface area contributed by atoms with E-state index in [9.17, 15) is 0 Å². The van der Waals surface area contributed by atoms with Crippen molar-refractivity contribution in [2.24, 2.45) is 0 Å². The number of hydrogen-bond donors (Lipinski definition) is 1. The topological polar surface area (TPSA) is 76.7 Å². The quantitative estimate of drug-likeness (QED) is 0.752. The Hall–Kier alpha value is -1.82. The Bertz CT molecular complexity index is 442. The van der Waals surface area contributed by atoms with E-state index in [4.69, 9.17) is 4.42 Å². The molecule has 2 heterocycles. The molecule has 17 heavy (non-hydrogen) atoms. The summed E-state index contributed by atoms with van der Waals surface area (Å²) in [5.41, 5.74) is 0.797. The first-order valence-electron chi connectivity index (χ1n) is 5.70. The molecule has 0 radical (unpaired) electrons. The molecule has 0 aliphatic rings. The lowest BCUT2D eigenvalue weighted by molar-refractivity contribution is 0.492. The molecule has 90 valence electrons. The molecule has 0 aliphatic carbocycles. The van der Waals surface area contributed by atoms with Crippen LogP contribution in [0.3, 0.4) is 0 Å². The lowest BCUT2D eigenvalue weighted by Gasteiger charge is -1.97. The molecule has 0 bridgehead atoms. The van der Waals surface area contributed by atoms with E-state index in [1.807, 2.05) is 0 Å². The molecule has 0 aromatic carbocycles. The standard InChI is InChI=1S/C11H15N5O/c1-2-12-6-3-4-10-15-16-11(17-10)9-5-7-13-14-8-9/h5,7-8,12H,2-4,6H2,1H3. The van der Waals surface area contributed by atoms with Crippen molar-refractivity contribution in [3.63, 3.8) is 0 Å². The molecule has 6 nitrogen and oxygen atoms in total. The fraction of sp³-hybridized carbons (Fsp3) is 0.455. The van der Waals surface area contributed by atoms with Gasteiger partial charge in [-0.3, -0.25) is 0 Å². The van der Waals surface area contributed by atoms with Crippen molar-refractivity contribution in [3.05, 3.63) is 24.4 Å². The van der Waals surface area contributed by atoms with Gasteiger partial charge < -0.3 is 9.73 Å². The molecule has 1 N–H and O–H groups in total. The van der Waals surface area contributed by atoms with Crippen LogP contribution in [0.5, 0.6) is 0 Å². The van der Waals surface area contributed by atoms with Crippen LogP contribution < -0.4 is 5.32 Å². The Labute approximate surface area is 99.5 Å². The molecule has 0 saturated carbocycles. The van der Waals surface area contributed by atoms with E-state index < -0.39 is 0 Å². The average molecular weight is 233 g/mol. The van der Waals surface area contributed by atoms with Crippen LogP contribution in [-0.4, -0.2) is 33.5 Å². The normalized spacial score (nSPS) is 10.6. The molecule has 2 rings (SSSR count). The SMILES string of the molecule is CCNCCCc1nnc(-c2ccnnc2)o1. The van der Waals surface area contributed by atoms with Crippen molar-refractivity contribution >= 4 is 0 Å². The first kappa shape index (κ1) is 11.7. The number of rotatable bonds is 6. The zero-order chi connectivity index (χ0) is 11.9. The smallest absolute Gasteiger partial charge is 0.249 e. The van der Waals surface area contributed by atoms with Crippen LogP contribution >= 0.6 is 0 Å². The summed E-state index contributed by atoms with van der Waals surface area (Å²) in [5, 5.41) is 18.7. The molecule has 0 amide bonds. The van der Waals surface area contributed by atoms with Crippen LogP contribution in [0.15, 0.2) is 22.9 Å². The predicted octanol–water partition coefficient (Wildman–Crippen LogP) is 1.07. The van der Waals surface area contributed by atoms with E-state index in [1.54, 1.807) is 18.5 Å². The number of aryl methyl sites for hydroxylation is 1. The van der Waals surface area contributed by atoms with Gasteiger partial charge >= 0.3 is 0 Å². The van der Waals surface area contributed by atoms with Crippen molar-refractivity contribution in [3.8, 4) is 11.5 Å². The first-order chi connectivity index (χ1) is 8.40. The molecule has 0 spiro atoms.